The van der Waals surface area contributed by atoms with Crippen LogP contribution in [0, 0.1) is 3.57 Å². The Morgan fingerprint density at radius 3 is 2.74 bits per heavy atom. The Balaban J connectivity index is 2.01. The largest absolute Gasteiger partial charge is 0.383 e. The fourth-order valence-electron chi connectivity index (χ4n) is 3.56. The quantitative estimate of drug-likeness (QED) is 0.414. The molecular formula is C17H20FIN2O5S. The zero-order valence-corrected chi connectivity index (χ0v) is 17.8. The molecule has 1 aromatic rings. The molecule has 7 nitrogen and oxygen atoms in total. The SMILES string of the molecule is COC[C@@H]1CCCN1S(=O)(=O)c1cc(I)c2c(c1)C(=O)C(=O)N2CCCF. The van der Waals surface area contributed by atoms with Gasteiger partial charge < -0.3 is 9.64 Å². The Labute approximate surface area is 171 Å². The number of alkyl halides is 1. The Kier molecular flexibility index (Phi) is 6.18. The fraction of sp³-hybridized carbons (Fsp3) is 0.529. The molecule has 3 rings (SSSR count). The van der Waals surface area contributed by atoms with E-state index in [9.17, 15) is 22.4 Å². The first-order chi connectivity index (χ1) is 12.8. The Hall–Kier alpha value is -1.11. The molecule has 0 saturated carbocycles. The second kappa shape index (κ2) is 8.10. The second-order valence-electron chi connectivity index (χ2n) is 6.50. The number of methoxy groups -OCH3 is 1. The average Bonchev–Trinajstić information content (AvgIpc) is 3.19. The third-order valence-electron chi connectivity index (χ3n) is 4.79. The van der Waals surface area contributed by atoms with Gasteiger partial charge in [0.15, 0.2) is 0 Å². The maximum atomic E-state index is 13.1. The van der Waals surface area contributed by atoms with Gasteiger partial charge in [-0.15, -0.1) is 0 Å². The highest BCUT2D eigenvalue weighted by Gasteiger charge is 2.40. The number of hydrogen-bond donors (Lipinski definition) is 0. The molecule has 10 heteroatoms. The van der Waals surface area contributed by atoms with E-state index < -0.39 is 28.4 Å². The topological polar surface area (TPSA) is 84.0 Å². The van der Waals surface area contributed by atoms with Crippen LogP contribution in [0.1, 0.15) is 29.6 Å². The first-order valence-electron chi connectivity index (χ1n) is 8.59. The molecule has 2 aliphatic heterocycles. The van der Waals surface area contributed by atoms with Crippen LogP contribution in [0.15, 0.2) is 17.0 Å². The van der Waals surface area contributed by atoms with E-state index in [-0.39, 0.29) is 29.5 Å². The summed E-state index contributed by atoms with van der Waals surface area (Å²) in [6.07, 6.45) is 1.56. The van der Waals surface area contributed by atoms with Gasteiger partial charge in [0.25, 0.3) is 11.7 Å². The number of ketones is 1. The number of carbonyl (C=O) groups excluding carboxylic acids is 2. The van der Waals surface area contributed by atoms with Crippen molar-refractivity contribution in [3.8, 4) is 0 Å². The van der Waals surface area contributed by atoms with E-state index in [1.54, 1.807) is 0 Å². The van der Waals surface area contributed by atoms with E-state index in [2.05, 4.69) is 0 Å². The van der Waals surface area contributed by atoms with E-state index in [0.29, 0.717) is 28.8 Å². The highest BCUT2D eigenvalue weighted by Crippen LogP contribution is 2.37. The van der Waals surface area contributed by atoms with Gasteiger partial charge >= 0.3 is 0 Å². The first-order valence-corrected chi connectivity index (χ1v) is 11.1. The van der Waals surface area contributed by atoms with Crippen LogP contribution in [0.4, 0.5) is 10.1 Å². The van der Waals surface area contributed by atoms with Gasteiger partial charge in [-0.25, -0.2) is 8.42 Å². The van der Waals surface area contributed by atoms with Crippen molar-refractivity contribution >= 4 is 50.0 Å². The normalized spacial score (nSPS) is 20.6. The molecule has 148 valence electrons. The third-order valence-corrected chi connectivity index (χ3v) is 7.55. The van der Waals surface area contributed by atoms with E-state index in [4.69, 9.17) is 4.74 Å². The second-order valence-corrected chi connectivity index (χ2v) is 9.55. The minimum Gasteiger partial charge on any atom is -0.383 e. The predicted molar refractivity (Wildman–Crippen MR) is 105 cm³/mol. The molecule has 0 bridgehead atoms. The highest BCUT2D eigenvalue weighted by atomic mass is 127. The number of rotatable bonds is 7. The molecule has 0 spiro atoms. The number of fused-ring (bicyclic) bond motifs is 1. The molecule has 0 radical (unpaired) electrons. The minimum atomic E-state index is -3.82. The van der Waals surface area contributed by atoms with Gasteiger partial charge in [0.05, 0.1) is 29.4 Å². The zero-order chi connectivity index (χ0) is 19.8. The summed E-state index contributed by atoms with van der Waals surface area (Å²) in [6, 6.07) is 2.49. The maximum absolute atomic E-state index is 13.1. The molecule has 1 aromatic carbocycles. The summed E-state index contributed by atoms with van der Waals surface area (Å²) in [5.74, 6) is -1.50. The summed E-state index contributed by atoms with van der Waals surface area (Å²) in [6.45, 7) is 0.166. The Morgan fingerprint density at radius 2 is 2.07 bits per heavy atom. The maximum Gasteiger partial charge on any atom is 0.299 e. The number of benzene rings is 1. The number of amides is 1. The summed E-state index contributed by atoms with van der Waals surface area (Å²) in [5.41, 5.74) is 0.430. The molecule has 0 aromatic heterocycles. The molecule has 2 aliphatic rings. The van der Waals surface area contributed by atoms with E-state index in [0.717, 1.165) is 6.42 Å². The summed E-state index contributed by atoms with van der Waals surface area (Å²) in [5, 5.41) is 0. The molecule has 0 aliphatic carbocycles. The molecule has 0 unspecified atom stereocenters. The number of nitrogens with zero attached hydrogens (tertiary/aromatic N) is 2. The fourth-order valence-corrected chi connectivity index (χ4v) is 6.42. The average molecular weight is 510 g/mol. The van der Waals surface area contributed by atoms with Gasteiger partial charge in [-0.05, 0) is 54.0 Å². The lowest BCUT2D eigenvalue weighted by atomic mass is 10.1. The van der Waals surface area contributed by atoms with Crippen molar-refractivity contribution in [3.63, 3.8) is 0 Å². The summed E-state index contributed by atoms with van der Waals surface area (Å²) in [4.78, 5) is 25.8. The lowest BCUT2D eigenvalue weighted by Crippen LogP contribution is -2.38. The summed E-state index contributed by atoms with van der Waals surface area (Å²) in [7, 11) is -2.30. The van der Waals surface area contributed by atoms with Crippen LogP contribution in [-0.4, -0.2) is 63.9 Å². The first kappa shape index (κ1) is 20.6. The van der Waals surface area contributed by atoms with Crippen molar-refractivity contribution < 1.29 is 27.1 Å². The molecule has 1 atom stereocenters. The van der Waals surface area contributed by atoms with Gasteiger partial charge in [0.1, 0.15) is 0 Å². The van der Waals surface area contributed by atoms with Gasteiger partial charge in [-0.2, -0.15) is 4.31 Å². The van der Waals surface area contributed by atoms with Crippen LogP contribution < -0.4 is 4.90 Å². The lowest BCUT2D eigenvalue weighted by Gasteiger charge is -2.24. The van der Waals surface area contributed by atoms with Crippen LogP contribution in [0.5, 0.6) is 0 Å². The minimum absolute atomic E-state index is 0.0119. The standard InChI is InChI=1S/C17H20FIN2O5S/c1-26-10-11-4-2-7-21(11)27(24,25)12-8-13-15(14(19)9-12)20(6-3-5-18)17(23)16(13)22/h8-9,11H,2-7,10H2,1H3/t11-/m0/s1. The van der Waals surface area contributed by atoms with Crippen molar-refractivity contribution in [2.75, 3.05) is 38.4 Å². The Morgan fingerprint density at radius 1 is 1.33 bits per heavy atom. The monoisotopic (exact) mass is 510 g/mol. The zero-order valence-electron chi connectivity index (χ0n) is 14.8. The Bertz CT molecular complexity index is 876. The van der Waals surface area contributed by atoms with Gasteiger partial charge in [-0.3, -0.25) is 14.0 Å². The van der Waals surface area contributed by atoms with Gasteiger partial charge in [0, 0.05) is 29.8 Å². The smallest absolute Gasteiger partial charge is 0.299 e. The molecule has 2 heterocycles. The van der Waals surface area contributed by atoms with Crippen LogP contribution in [0.3, 0.4) is 0 Å². The number of anilines is 1. The van der Waals surface area contributed by atoms with Crippen molar-refractivity contribution in [2.24, 2.45) is 0 Å². The third kappa shape index (κ3) is 3.64. The van der Waals surface area contributed by atoms with Crippen molar-refractivity contribution in [2.45, 2.75) is 30.2 Å². The van der Waals surface area contributed by atoms with Crippen molar-refractivity contribution in [3.05, 3.63) is 21.3 Å². The number of Topliss-reactive ketones (excluding diaryl/α,β-unsaturated/α-hetero) is 1. The summed E-state index contributed by atoms with van der Waals surface area (Å²) < 4.78 is 45.8. The van der Waals surface area contributed by atoms with Crippen LogP contribution >= 0.6 is 22.6 Å². The molecule has 0 N–H and O–H groups in total. The van der Waals surface area contributed by atoms with Crippen molar-refractivity contribution in [1.82, 2.24) is 4.31 Å². The van der Waals surface area contributed by atoms with E-state index in [1.807, 2.05) is 22.6 Å². The van der Waals surface area contributed by atoms with Crippen LogP contribution in [0.2, 0.25) is 0 Å². The lowest BCUT2D eigenvalue weighted by molar-refractivity contribution is -0.114. The molecular weight excluding hydrogens is 490 g/mol. The van der Waals surface area contributed by atoms with E-state index >= 15 is 0 Å². The van der Waals surface area contributed by atoms with Crippen molar-refractivity contribution in [1.29, 1.82) is 0 Å². The van der Waals surface area contributed by atoms with Gasteiger partial charge in [0.2, 0.25) is 10.0 Å². The van der Waals surface area contributed by atoms with Crippen LogP contribution in [-0.2, 0) is 19.6 Å². The number of ether oxygens (including phenoxy) is 1. The van der Waals surface area contributed by atoms with E-state index in [1.165, 1.54) is 28.4 Å². The van der Waals surface area contributed by atoms with Gasteiger partial charge in [-0.1, -0.05) is 0 Å². The predicted octanol–water partition coefficient (Wildman–Crippen LogP) is 1.98. The molecule has 27 heavy (non-hydrogen) atoms. The highest BCUT2D eigenvalue weighted by molar-refractivity contribution is 14.1. The van der Waals surface area contributed by atoms with Crippen LogP contribution in [0.25, 0.3) is 0 Å². The molecule has 1 amide bonds. The number of hydrogen-bond acceptors (Lipinski definition) is 5. The summed E-state index contributed by atoms with van der Waals surface area (Å²) >= 11 is 1.92. The molecule has 1 saturated heterocycles. The molecule has 1 fully saturated rings. The number of carbonyl (C=O) groups is 2. The number of halogens is 2. The number of sulfonamides is 1.